The maximum atomic E-state index is 12.0. The van der Waals surface area contributed by atoms with Crippen LogP contribution in [0.25, 0.3) is 0 Å². The van der Waals surface area contributed by atoms with E-state index in [4.69, 9.17) is 18.9 Å². The van der Waals surface area contributed by atoms with E-state index in [1.807, 2.05) is 20.8 Å². The molecule has 0 aliphatic carbocycles. The zero-order valence-electron chi connectivity index (χ0n) is 16.3. The highest BCUT2D eigenvalue weighted by Crippen LogP contribution is 2.20. The van der Waals surface area contributed by atoms with Crippen molar-refractivity contribution >= 4 is 5.78 Å². The van der Waals surface area contributed by atoms with Gasteiger partial charge in [0.2, 0.25) is 0 Å². The van der Waals surface area contributed by atoms with Crippen LogP contribution in [0.15, 0.2) is 0 Å². The van der Waals surface area contributed by atoms with Crippen LogP contribution in [0.2, 0.25) is 0 Å². The van der Waals surface area contributed by atoms with Crippen molar-refractivity contribution in [3.63, 3.8) is 0 Å². The van der Waals surface area contributed by atoms with Crippen molar-refractivity contribution in [2.75, 3.05) is 72.5 Å². The average molecular weight is 360 g/mol. The normalized spacial score (nSPS) is 16.6. The Kier molecular flexibility index (Phi) is 13.2. The van der Waals surface area contributed by atoms with Crippen molar-refractivity contribution < 1.29 is 23.7 Å². The molecule has 0 bridgehead atoms. The van der Waals surface area contributed by atoms with Gasteiger partial charge in [0.15, 0.2) is 0 Å². The minimum atomic E-state index is 0.162. The quantitative estimate of drug-likeness (QED) is 0.417. The van der Waals surface area contributed by atoms with Crippen molar-refractivity contribution in [3.8, 4) is 0 Å². The molecule has 0 aromatic carbocycles. The Morgan fingerprint density at radius 1 is 0.880 bits per heavy atom. The van der Waals surface area contributed by atoms with Crippen LogP contribution in [0.3, 0.4) is 0 Å². The van der Waals surface area contributed by atoms with Gasteiger partial charge >= 0.3 is 0 Å². The maximum Gasteiger partial charge on any atom is 0.138 e. The molecule has 1 heterocycles. The number of Topliss-reactive ketones (excluding diaryl/α,β-unsaturated/α-hetero) is 1. The van der Waals surface area contributed by atoms with E-state index in [0.29, 0.717) is 45.4 Å². The molecule has 0 atom stereocenters. The number of carbonyl (C=O) groups excluding carboxylic acids is 1. The molecular weight excluding hydrogens is 322 g/mol. The summed E-state index contributed by atoms with van der Waals surface area (Å²) in [5.74, 6) is 0.853. The molecule has 6 nitrogen and oxygen atoms in total. The summed E-state index contributed by atoms with van der Waals surface area (Å²) in [7, 11) is 0. The minimum Gasteiger partial charge on any atom is -0.379 e. The summed E-state index contributed by atoms with van der Waals surface area (Å²) in [6.07, 6.45) is 1.98. The number of piperidine rings is 1. The molecule has 25 heavy (non-hydrogen) atoms. The summed E-state index contributed by atoms with van der Waals surface area (Å²) in [4.78, 5) is 14.4. The third-order valence-electron chi connectivity index (χ3n) is 4.43. The lowest BCUT2D eigenvalue weighted by molar-refractivity contribution is -0.127. The van der Waals surface area contributed by atoms with Gasteiger partial charge in [-0.2, -0.15) is 0 Å². The molecule has 0 unspecified atom stereocenters. The van der Waals surface area contributed by atoms with Gasteiger partial charge in [-0.05, 0) is 32.9 Å². The first kappa shape index (κ1) is 22.5. The highest BCUT2D eigenvalue weighted by atomic mass is 16.6. The molecule has 0 aromatic rings. The van der Waals surface area contributed by atoms with Crippen LogP contribution in [0, 0.1) is 11.8 Å². The SMILES string of the molecule is CCOCCOCCOCCOCCN1CCC(C(=O)C(C)C)CC1. The lowest BCUT2D eigenvalue weighted by atomic mass is 9.87. The molecule has 0 saturated carbocycles. The molecule has 1 saturated heterocycles. The monoisotopic (exact) mass is 359 g/mol. The van der Waals surface area contributed by atoms with E-state index in [-0.39, 0.29) is 11.8 Å². The van der Waals surface area contributed by atoms with Crippen molar-refractivity contribution in [3.05, 3.63) is 0 Å². The third-order valence-corrected chi connectivity index (χ3v) is 4.43. The van der Waals surface area contributed by atoms with Gasteiger partial charge in [0, 0.05) is 25.0 Å². The van der Waals surface area contributed by atoms with E-state index in [2.05, 4.69) is 4.90 Å². The Hall–Kier alpha value is -0.530. The van der Waals surface area contributed by atoms with Crippen LogP contribution in [0.1, 0.15) is 33.6 Å². The Labute approximate surface area is 153 Å². The van der Waals surface area contributed by atoms with Crippen LogP contribution in [0.5, 0.6) is 0 Å². The second-order valence-corrected chi connectivity index (χ2v) is 6.71. The van der Waals surface area contributed by atoms with Crippen LogP contribution in [-0.2, 0) is 23.7 Å². The molecule has 0 N–H and O–H groups in total. The van der Waals surface area contributed by atoms with E-state index in [0.717, 1.165) is 45.7 Å². The Bertz CT molecular complexity index is 330. The second kappa shape index (κ2) is 14.6. The minimum absolute atomic E-state index is 0.162. The Balaban J connectivity index is 1.86. The van der Waals surface area contributed by atoms with Gasteiger partial charge in [-0.1, -0.05) is 13.8 Å². The predicted molar refractivity (Wildman–Crippen MR) is 98.0 cm³/mol. The van der Waals surface area contributed by atoms with Gasteiger partial charge in [0.05, 0.1) is 46.2 Å². The van der Waals surface area contributed by atoms with Crippen molar-refractivity contribution in [1.29, 1.82) is 0 Å². The zero-order valence-corrected chi connectivity index (χ0v) is 16.3. The van der Waals surface area contributed by atoms with E-state index in [1.165, 1.54) is 0 Å². The largest absolute Gasteiger partial charge is 0.379 e. The molecule has 1 aliphatic heterocycles. The summed E-state index contributed by atoms with van der Waals surface area (Å²) in [6, 6.07) is 0. The predicted octanol–water partition coefficient (Wildman–Crippen LogP) is 2.01. The number of likely N-dealkylation sites (tertiary alicyclic amines) is 1. The Morgan fingerprint density at radius 3 is 1.84 bits per heavy atom. The highest BCUT2D eigenvalue weighted by molar-refractivity contribution is 5.82. The fourth-order valence-electron chi connectivity index (χ4n) is 2.91. The summed E-state index contributed by atoms with van der Waals surface area (Å²) < 4.78 is 21.6. The molecule has 0 amide bonds. The van der Waals surface area contributed by atoms with Crippen molar-refractivity contribution in [2.24, 2.45) is 11.8 Å². The molecule has 0 aromatic heterocycles. The van der Waals surface area contributed by atoms with Crippen LogP contribution >= 0.6 is 0 Å². The number of hydrogen-bond donors (Lipinski definition) is 0. The summed E-state index contributed by atoms with van der Waals surface area (Å²) in [5.41, 5.74) is 0. The molecule has 6 heteroatoms. The molecule has 1 rings (SSSR count). The third kappa shape index (κ3) is 10.9. The number of ether oxygens (including phenoxy) is 4. The smallest absolute Gasteiger partial charge is 0.138 e. The van der Waals surface area contributed by atoms with E-state index >= 15 is 0 Å². The summed E-state index contributed by atoms with van der Waals surface area (Å²) >= 11 is 0. The van der Waals surface area contributed by atoms with Gasteiger partial charge in [0.25, 0.3) is 0 Å². The van der Waals surface area contributed by atoms with Gasteiger partial charge < -0.3 is 23.8 Å². The highest BCUT2D eigenvalue weighted by Gasteiger charge is 2.25. The van der Waals surface area contributed by atoms with E-state index in [9.17, 15) is 4.79 Å². The standard InChI is InChI=1S/C19H37NO5/c1-4-22-11-12-24-15-16-25-14-13-23-10-9-20-7-5-18(6-8-20)19(21)17(2)3/h17-18H,4-16H2,1-3H3. The topological polar surface area (TPSA) is 57.2 Å². The lowest BCUT2D eigenvalue weighted by Crippen LogP contribution is -2.39. The first-order valence-corrected chi connectivity index (χ1v) is 9.72. The Morgan fingerprint density at radius 2 is 1.36 bits per heavy atom. The first-order valence-electron chi connectivity index (χ1n) is 9.72. The van der Waals surface area contributed by atoms with Gasteiger partial charge in [-0.25, -0.2) is 0 Å². The number of rotatable bonds is 15. The van der Waals surface area contributed by atoms with E-state index in [1.54, 1.807) is 0 Å². The maximum absolute atomic E-state index is 12.0. The van der Waals surface area contributed by atoms with Crippen LogP contribution in [0.4, 0.5) is 0 Å². The van der Waals surface area contributed by atoms with Gasteiger partial charge in [0.1, 0.15) is 5.78 Å². The zero-order chi connectivity index (χ0) is 18.3. The van der Waals surface area contributed by atoms with E-state index < -0.39 is 0 Å². The molecule has 148 valence electrons. The summed E-state index contributed by atoms with van der Waals surface area (Å²) in [5, 5.41) is 0. The van der Waals surface area contributed by atoms with Gasteiger partial charge in [-0.3, -0.25) is 4.79 Å². The van der Waals surface area contributed by atoms with Crippen LogP contribution < -0.4 is 0 Å². The fourth-order valence-corrected chi connectivity index (χ4v) is 2.91. The number of ketones is 1. The summed E-state index contributed by atoms with van der Waals surface area (Å²) in [6.45, 7) is 14.0. The average Bonchev–Trinajstić information content (AvgIpc) is 2.62. The number of carbonyl (C=O) groups is 1. The first-order chi connectivity index (χ1) is 12.1. The second-order valence-electron chi connectivity index (χ2n) is 6.71. The van der Waals surface area contributed by atoms with Crippen LogP contribution in [-0.4, -0.2) is 83.2 Å². The molecule has 1 fully saturated rings. The molecular formula is C19H37NO5. The molecule has 0 spiro atoms. The fraction of sp³-hybridized carbons (Fsp3) is 0.947. The lowest BCUT2D eigenvalue weighted by Gasteiger charge is -2.31. The number of nitrogens with zero attached hydrogens (tertiary/aromatic N) is 1. The molecule has 0 radical (unpaired) electrons. The molecule has 1 aliphatic rings. The van der Waals surface area contributed by atoms with Gasteiger partial charge in [-0.15, -0.1) is 0 Å². The van der Waals surface area contributed by atoms with Crippen molar-refractivity contribution in [2.45, 2.75) is 33.6 Å². The van der Waals surface area contributed by atoms with Crippen molar-refractivity contribution in [1.82, 2.24) is 4.90 Å². The number of hydrogen-bond acceptors (Lipinski definition) is 6.